The molecule has 5 rings (SSSR count). The lowest BCUT2D eigenvalue weighted by molar-refractivity contribution is 0.0405. The standard InChI is InChI=1S/C35H44N4O5/c1-37-15-17-38(18-16-37)32-12-10-29(11-13-32)24-39(25-30-7-5-9-34(23-30)41-3)35-36-31(27-44-35)26-43-21-20-42-19-14-28-6-4-8-33(22-28)40-2/h4-13,22-23,27H,14-21,24-26H2,1-3H3. The van der Waals surface area contributed by atoms with Gasteiger partial charge >= 0.3 is 0 Å². The van der Waals surface area contributed by atoms with Crippen LogP contribution in [-0.2, 0) is 35.6 Å². The number of hydrogen-bond acceptors (Lipinski definition) is 9. The van der Waals surface area contributed by atoms with Gasteiger partial charge < -0.3 is 38.1 Å². The van der Waals surface area contributed by atoms with Crippen molar-refractivity contribution in [2.75, 3.05) is 77.1 Å². The van der Waals surface area contributed by atoms with Crippen LogP contribution in [0.1, 0.15) is 22.4 Å². The second-order valence-electron chi connectivity index (χ2n) is 11.1. The Morgan fingerprint density at radius 3 is 2.14 bits per heavy atom. The van der Waals surface area contributed by atoms with E-state index in [-0.39, 0.29) is 0 Å². The molecule has 2 heterocycles. The lowest BCUT2D eigenvalue weighted by Crippen LogP contribution is -2.44. The third kappa shape index (κ3) is 9.22. The third-order valence-corrected chi connectivity index (χ3v) is 7.79. The fraction of sp³-hybridized carbons (Fsp3) is 0.400. The Labute approximate surface area is 260 Å². The summed E-state index contributed by atoms with van der Waals surface area (Å²) in [7, 11) is 5.54. The molecular formula is C35H44N4O5. The molecule has 9 nitrogen and oxygen atoms in total. The van der Waals surface area contributed by atoms with Gasteiger partial charge in [0.05, 0.1) is 40.6 Å². The van der Waals surface area contributed by atoms with E-state index in [1.54, 1.807) is 20.5 Å². The summed E-state index contributed by atoms with van der Waals surface area (Å²) in [5.41, 5.74) is 5.50. The zero-order valence-electron chi connectivity index (χ0n) is 26.1. The molecule has 0 saturated carbocycles. The van der Waals surface area contributed by atoms with Crippen molar-refractivity contribution in [1.82, 2.24) is 9.88 Å². The first-order chi connectivity index (χ1) is 21.6. The number of aromatic nitrogens is 1. The second kappa shape index (κ2) is 16.1. The van der Waals surface area contributed by atoms with Gasteiger partial charge in [-0.1, -0.05) is 36.4 Å². The van der Waals surface area contributed by atoms with E-state index in [1.165, 1.54) is 16.8 Å². The number of ether oxygens (including phenoxy) is 4. The van der Waals surface area contributed by atoms with Crippen LogP contribution in [0.2, 0.25) is 0 Å². The minimum Gasteiger partial charge on any atom is -0.497 e. The smallest absolute Gasteiger partial charge is 0.298 e. The Balaban J connectivity index is 1.14. The maximum Gasteiger partial charge on any atom is 0.298 e. The highest BCUT2D eigenvalue weighted by molar-refractivity contribution is 5.49. The van der Waals surface area contributed by atoms with E-state index >= 15 is 0 Å². The summed E-state index contributed by atoms with van der Waals surface area (Å²) < 4.78 is 28.3. The van der Waals surface area contributed by atoms with Gasteiger partial charge in [0.25, 0.3) is 6.01 Å². The van der Waals surface area contributed by atoms with Crippen LogP contribution in [-0.4, -0.2) is 77.2 Å². The van der Waals surface area contributed by atoms with E-state index in [2.05, 4.69) is 58.1 Å². The molecule has 234 valence electrons. The van der Waals surface area contributed by atoms with Gasteiger partial charge in [0.1, 0.15) is 23.5 Å². The number of nitrogens with zero attached hydrogens (tertiary/aromatic N) is 4. The first-order valence-electron chi connectivity index (χ1n) is 15.2. The number of hydrogen-bond donors (Lipinski definition) is 0. The second-order valence-corrected chi connectivity index (χ2v) is 11.1. The van der Waals surface area contributed by atoms with E-state index in [0.29, 0.717) is 45.5 Å². The molecule has 3 aromatic carbocycles. The van der Waals surface area contributed by atoms with E-state index in [9.17, 15) is 0 Å². The van der Waals surface area contributed by atoms with Gasteiger partial charge in [-0.2, -0.15) is 4.98 Å². The van der Waals surface area contributed by atoms with E-state index < -0.39 is 0 Å². The lowest BCUT2D eigenvalue weighted by atomic mass is 10.1. The maximum absolute atomic E-state index is 5.97. The van der Waals surface area contributed by atoms with Crippen molar-refractivity contribution in [1.29, 1.82) is 0 Å². The van der Waals surface area contributed by atoms with E-state index in [4.69, 9.17) is 28.3 Å². The van der Waals surface area contributed by atoms with Gasteiger partial charge in [-0.3, -0.25) is 0 Å². The molecule has 1 saturated heterocycles. The Morgan fingerprint density at radius 1 is 0.750 bits per heavy atom. The Morgan fingerprint density at radius 2 is 1.41 bits per heavy atom. The highest BCUT2D eigenvalue weighted by atomic mass is 16.5. The van der Waals surface area contributed by atoms with Crippen LogP contribution >= 0.6 is 0 Å². The van der Waals surface area contributed by atoms with Crippen molar-refractivity contribution in [3.8, 4) is 11.5 Å². The molecule has 9 heteroatoms. The molecule has 0 unspecified atom stereocenters. The van der Waals surface area contributed by atoms with Crippen LogP contribution in [0.3, 0.4) is 0 Å². The maximum atomic E-state index is 5.97. The van der Waals surface area contributed by atoms with Gasteiger partial charge in [-0.15, -0.1) is 0 Å². The molecule has 1 aliphatic rings. The molecule has 0 N–H and O–H groups in total. The monoisotopic (exact) mass is 600 g/mol. The molecule has 0 spiro atoms. The minimum atomic E-state index is 0.357. The number of likely N-dealkylation sites (N-methyl/N-ethyl adjacent to an activating group) is 1. The first kappa shape index (κ1) is 31.4. The van der Waals surface area contributed by atoms with Crippen molar-refractivity contribution in [2.24, 2.45) is 0 Å². The SMILES string of the molecule is COc1cccc(CCOCCOCc2coc(N(Cc3ccc(N4CCN(C)CC4)cc3)Cc3cccc(OC)c3)n2)c1. The fourth-order valence-corrected chi connectivity index (χ4v) is 5.20. The van der Waals surface area contributed by atoms with Gasteiger partial charge in [-0.05, 0) is 66.6 Å². The van der Waals surface area contributed by atoms with Crippen molar-refractivity contribution < 1.29 is 23.4 Å². The van der Waals surface area contributed by atoms with Crippen molar-refractivity contribution >= 4 is 11.7 Å². The number of methoxy groups -OCH3 is 2. The predicted octanol–water partition coefficient (Wildman–Crippen LogP) is 5.43. The normalized spacial score (nSPS) is 13.7. The zero-order valence-corrected chi connectivity index (χ0v) is 26.1. The minimum absolute atomic E-state index is 0.357. The molecular weight excluding hydrogens is 556 g/mol. The number of anilines is 2. The third-order valence-electron chi connectivity index (χ3n) is 7.79. The average molecular weight is 601 g/mol. The number of rotatable bonds is 16. The highest BCUT2D eigenvalue weighted by Crippen LogP contribution is 2.24. The van der Waals surface area contributed by atoms with Crippen molar-refractivity contribution in [3.05, 3.63) is 101 Å². The van der Waals surface area contributed by atoms with Crippen LogP contribution in [0.25, 0.3) is 0 Å². The van der Waals surface area contributed by atoms with Crippen LogP contribution in [0, 0.1) is 0 Å². The van der Waals surface area contributed by atoms with Crippen molar-refractivity contribution in [3.63, 3.8) is 0 Å². The number of benzene rings is 3. The Hall–Kier alpha value is -4.05. The summed E-state index contributed by atoms with van der Waals surface area (Å²) in [5.74, 6) is 1.69. The molecule has 0 bridgehead atoms. The highest BCUT2D eigenvalue weighted by Gasteiger charge is 2.17. The Bertz CT molecular complexity index is 1420. The number of oxazole rings is 1. The Kier molecular flexibility index (Phi) is 11.5. The summed E-state index contributed by atoms with van der Waals surface area (Å²) in [6.45, 7) is 7.53. The summed E-state index contributed by atoms with van der Waals surface area (Å²) in [6.07, 6.45) is 2.50. The van der Waals surface area contributed by atoms with Gasteiger partial charge in [0.15, 0.2) is 0 Å². The molecule has 0 amide bonds. The molecule has 1 aromatic heterocycles. The van der Waals surface area contributed by atoms with Crippen molar-refractivity contribution in [2.45, 2.75) is 26.1 Å². The first-order valence-corrected chi connectivity index (χ1v) is 15.2. The quantitative estimate of drug-likeness (QED) is 0.157. The van der Waals surface area contributed by atoms with Gasteiger partial charge in [0.2, 0.25) is 0 Å². The molecule has 0 aliphatic carbocycles. The van der Waals surface area contributed by atoms with Crippen LogP contribution in [0.15, 0.2) is 83.5 Å². The number of piperazine rings is 1. The van der Waals surface area contributed by atoms with Crippen LogP contribution in [0.5, 0.6) is 11.5 Å². The molecule has 1 fully saturated rings. The van der Waals surface area contributed by atoms with E-state index in [1.807, 2.05) is 36.4 Å². The molecule has 0 atom stereocenters. The summed E-state index contributed by atoms with van der Waals surface area (Å²) in [5, 5.41) is 0. The molecule has 0 radical (unpaired) electrons. The average Bonchev–Trinajstić information content (AvgIpc) is 3.54. The fourth-order valence-electron chi connectivity index (χ4n) is 5.20. The summed E-state index contributed by atoms with van der Waals surface area (Å²) in [6, 6.07) is 25.5. The van der Waals surface area contributed by atoms with Crippen LogP contribution in [0.4, 0.5) is 11.7 Å². The van der Waals surface area contributed by atoms with Gasteiger partial charge in [-0.25, -0.2) is 0 Å². The van der Waals surface area contributed by atoms with E-state index in [0.717, 1.165) is 55.4 Å². The van der Waals surface area contributed by atoms with Gasteiger partial charge in [0, 0.05) is 45.0 Å². The topological polar surface area (TPSA) is 72.7 Å². The summed E-state index contributed by atoms with van der Waals surface area (Å²) in [4.78, 5) is 11.7. The molecule has 1 aliphatic heterocycles. The lowest BCUT2D eigenvalue weighted by Gasteiger charge is -2.34. The largest absolute Gasteiger partial charge is 0.497 e. The molecule has 44 heavy (non-hydrogen) atoms. The zero-order chi connectivity index (χ0) is 30.6. The van der Waals surface area contributed by atoms with Crippen LogP contribution < -0.4 is 19.3 Å². The summed E-state index contributed by atoms with van der Waals surface area (Å²) >= 11 is 0. The predicted molar refractivity (Wildman–Crippen MR) is 173 cm³/mol. The molecule has 4 aromatic rings.